The number of anilines is 1. The summed E-state index contributed by atoms with van der Waals surface area (Å²) in [5.74, 6) is 0.785. The van der Waals surface area contributed by atoms with Gasteiger partial charge < -0.3 is 9.15 Å². The van der Waals surface area contributed by atoms with Crippen LogP contribution in [0.1, 0.15) is 34.4 Å². The van der Waals surface area contributed by atoms with E-state index in [9.17, 15) is 9.59 Å². The normalized spacial score (nSPS) is 10.5. The molecule has 0 fully saturated rings. The molecule has 3 aromatic rings. The molecule has 0 saturated heterocycles. The lowest BCUT2D eigenvalue weighted by Gasteiger charge is -2.06. The minimum absolute atomic E-state index is 0.129. The molecule has 1 aromatic carbocycles. The number of benzene rings is 1. The fourth-order valence-corrected chi connectivity index (χ4v) is 2.43. The number of Topliss-reactive ketones (excluding diaryl/α,β-unsaturated/α-hetero) is 1. The molecule has 0 radical (unpaired) electrons. The first kappa shape index (κ1) is 17.5. The minimum Gasteiger partial charge on any atom is -0.456 e. The van der Waals surface area contributed by atoms with Crippen molar-refractivity contribution in [2.24, 2.45) is 0 Å². The maximum absolute atomic E-state index is 11.9. The van der Waals surface area contributed by atoms with Gasteiger partial charge in [-0.3, -0.25) is 14.8 Å². The zero-order valence-electron chi connectivity index (χ0n) is 14.6. The summed E-state index contributed by atoms with van der Waals surface area (Å²) in [6, 6.07) is 11.1. The summed E-state index contributed by atoms with van der Waals surface area (Å²) in [5, 5.41) is 6.78. The lowest BCUT2D eigenvalue weighted by molar-refractivity contribution is 0.0985. The SMILES string of the molecule is CC(=O)c1ccc(Cn2cc(NC(=O)OCc3cccc(C)c3)cn2)o1. The van der Waals surface area contributed by atoms with Gasteiger partial charge in [-0.1, -0.05) is 29.8 Å². The quantitative estimate of drug-likeness (QED) is 0.682. The Hall–Kier alpha value is -3.35. The zero-order valence-corrected chi connectivity index (χ0v) is 14.6. The van der Waals surface area contributed by atoms with Crippen molar-refractivity contribution in [1.29, 1.82) is 0 Å². The maximum atomic E-state index is 11.9. The second-order valence-corrected chi connectivity index (χ2v) is 5.94. The molecule has 2 aromatic heterocycles. The maximum Gasteiger partial charge on any atom is 0.412 e. The van der Waals surface area contributed by atoms with Crippen LogP contribution in [-0.4, -0.2) is 21.7 Å². The van der Waals surface area contributed by atoms with E-state index in [-0.39, 0.29) is 12.4 Å². The zero-order chi connectivity index (χ0) is 18.5. The van der Waals surface area contributed by atoms with Gasteiger partial charge in [0.05, 0.1) is 18.4 Å². The monoisotopic (exact) mass is 353 g/mol. The number of amides is 1. The number of hydrogen-bond donors (Lipinski definition) is 1. The molecule has 1 amide bonds. The van der Waals surface area contributed by atoms with E-state index < -0.39 is 6.09 Å². The van der Waals surface area contributed by atoms with Crippen LogP contribution in [0.3, 0.4) is 0 Å². The van der Waals surface area contributed by atoms with E-state index in [2.05, 4.69) is 10.4 Å². The van der Waals surface area contributed by atoms with Gasteiger partial charge in [0.15, 0.2) is 11.5 Å². The van der Waals surface area contributed by atoms with Gasteiger partial charge in [-0.05, 0) is 24.6 Å². The summed E-state index contributed by atoms with van der Waals surface area (Å²) >= 11 is 0. The molecule has 2 heterocycles. The number of aromatic nitrogens is 2. The first-order valence-corrected chi connectivity index (χ1v) is 8.11. The van der Waals surface area contributed by atoms with E-state index in [0.29, 0.717) is 23.8 Å². The summed E-state index contributed by atoms with van der Waals surface area (Å²) in [6.45, 7) is 3.98. The van der Waals surface area contributed by atoms with Crippen LogP contribution in [0.5, 0.6) is 0 Å². The number of furan rings is 1. The Kier molecular flexibility index (Phi) is 5.17. The number of ketones is 1. The average molecular weight is 353 g/mol. The number of rotatable bonds is 6. The Morgan fingerprint density at radius 3 is 2.85 bits per heavy atom. The molecule has 0 bridgehead atoms. The highest BCUT2D eigenvalue weighted by Gasteiger charge is 2.09. The molecule has 0 aliphatic rings. The Balaban J connectivity index is 1.52. The Morgan fingerprint density at radius 1 is 1.27 bits per heavy atom. The fourth-order valence-electron chi connectivity index (χ4n) is 2.43. The number of carbonyl (C=O) groups excluding carboxylic acids is 2. The molecule has 0 aliphatic carbocycles. The predicted molar refractivity (Wildman–Crippen MR) is 95.0 cm³/mol. The number of carbonyl (C=O) groups is 2. The van der Waals surface area contributed by atoms with Crippen molar-refractivity contribution in [1.82, 2.24) is 9.78 Å². The molecule has 3 rings (SSSR count). The van der Waals surface area contributed by atoms with Gasteiger partial charge in [-0.25, -0.2) is 4.79 Å². The second-order valence-electron chi connectivity index (χ2n) is 5.94. The lowest BCUT2D eigenvalue weighted by atomic mass is 10.1. The van der Waals surface area contributed by atoms with E-state index in [1.807, 2.05) is 31.2 Å². The molecule has 0 aliphatic heterocycles. The standard InChI is InChI=1S/C19H19N3O4/c1-13-4-3-5-15(8-13)12-25-19(24)21-16-9-20-22(10-16)11-17-6-7-18(26-17)14(2)23/h3-10H,11-12H2,1-2H3,(H,21,24). The van der Waals surface area contributed by atoms with Crippen molar-refractivity contribution in [2.75, 3.05) is 5.32 Å². The third-order valence-electron chi connectivity index (χ3n) is 3.66. The first-order chi connectivity index (χ1) is 12.5. The van der Waals surface area contributed by atoms with Crippen molar-refractivity contribution in [3.8, 4) is 0 Å². The number of nitrogens with zero attached hydrogens (tertiary/aromatic N) is 2. The van der Waals surface area contributed by atoms with Gasteiger partial charge in [0, 0.05) is 13.1 Å². The van der Waals surface area contributed by atoms with Crippen LogP contribution in [0.25, 0.3) is 0 Å². The van der Waals surface area contributed by atoms with Crippen molar-refractivity contribution >= 4 is 17.6 Å². The van der Waals surface area contributed by atoms with Gasteiger partial charge in [0.25, 0.3) is 0 Å². The van der Waals surface area contributed by atoms with E-state index >= 15 is 0 Å². The molecular formula is C19H19N3O4. The van der Waals surface area contributed by atoms with Crippen molar-refractivity contribution in [3.63, 3.8) is 0 Å². The molecule has 0 unspecified atom stereocenters. The third kappa shape index (κ3) is 4.60. The summed E-state index contributed by atoms with van der Waals surface area (Å²) in [6.07, 6.45) is 2.62. The number of ether oxygens (including phenoxy) is 1. The molecule has 0 atom stereocenters. The van der Waals surface area contributed by atoms with Crippen LogP contribution in [0, 0.1) is 6.92 Å². The van der Waals surface area contributed by atoms with E-state index in [4.69, 9.17) is 9.15 Å². The van der Waals surface area contributed by atoms with Gasteiger partial charge in [-0.15, -0.1) is 0 Å². The fraction of sp³-hybridized carbons (Fsp3) is 0.211. The summed E-state index contributed by atoms with van der Waals surface area (Å²) < 4.78 is 12.2. The van der Waals surface area contributed by atoms with Crippen molar-refractivity contribution < 1.29 is 18.7 Å². The first-order valence-electron chi connectivity index (χ1n) is 8.11. The highest BCUT2D eigenvalue weighted by atomic mass is 16.5. The Bertz CT molecular complexity index is 926. The molecule has 134 valence electrons. The third-order valence-corrected chi connectivity index (χ3v) is 3.66. The molecule has 26 heavy (non-hydrogen) atoms. The highest BCUT2D eigenvalue weighted by molar-refractivity contribution is 5.91. The van der Waals surface area contributed by atoms with Gasteiger partial charge >= 0.3 is 6.09 Å². The van der Waals surface area contributed by atoms with Crippen LogP contribution in [-0.2, 0) is 17.9 Å². The van der Waals surface area contributed by atoms with Crippen LogP contribution in [0.15, 0.2) is 53.2 Å². The summed E-state index contributed by atoms with van der Waals surface area (Å²) in [5.41, 5.74) is 2.55. The van der Waals surface area contributed by atoms with E-state index in [1.165, 1.54) is 13.1 Å². The van der Waals surface area contributed by atoms with Crippen LogP contribution in [0.2, 0.25) is 0 Å². The lowest BCUT2D eigenvalue weighted by Crippen LogP contribution is -2.13. The van der Waals surface area contributed by atoms with Crippen LogP contribution in [0.4, 0.5) is 10.5 Å². The number of aryl methyl sites for hydroxylation is 1. The second kappa shape index (κ2) is 7.69. The van der Waals surface area contributed by atoms with E-state index in [1.54, 1.807) is 23.0 Å². The molecule has 7 heteroatoms. The molecular weight excluding hydrogens is 334 g/mol. The minimum atomic E-state index is -0.553. The topological polar surface area (TPSA) is 86.4 Å². The highest BCUT2D eigenvalue weighted by Crippen LogP contribution is 2.12. The van der Waals surface area contributed by atoms with E-state index in [0.717, 1.165) is 11.1 Å². The van der Waals surface area contributed by atoms with Gasteiger partial charge in [0.2, 0.25) is 0 Å². The average Bonchev–Trinajstić information content (AvgIpc) is 3.23. The Morgan fingerprint density at radius 2 is 2.12 bits per heavy atom. The van der Waals surface area contributed by atoms with Gasteiger partial charge in [0.1, 0.15) is 12.4 Å². The molecule has 7 nitrogen and oxygen atoms in total. The summed E-state index contributed by atoms with van der Waals surface area (Å²) in [7, 11) is 0. The smallest absolute Gasteiger partial charge is 0.412 e. The number of nitrogens with one attached hydrogen (secondary N) is 1. The largest absolute Gasteiger partial charge is 0.456 e. The molecule has 1 N–H and O–H groups in total. The predicted octanol–water partition coefficient (Wildman–Crippen LogP) is 3.78. The molecule has 0 saturated carbocycles. The van der Waals surface area contributed by atoms with Gasteiger partial charge in [-0.2, -0.15) is 5.10 Å². The van der Waals surface area contributed by atoms with Crippen LogP contribution < -0.4 is 5.32 Å². The van der Waals surface area contributed by atoms with Crippen molar-refractivity contribution in [2.45, 2.75) is 27.0 Å². The number of hydrogen-bond acceptors (Lipinski definition) is 5. The van der Waals surface area contributed by atoms with Crippen LogP contribution >= 0.6 is 0 Å². The summed E-state index contributed by atoms with van der Waals surface area (Å²) in [4.78, 5) is 23.1. The molecule has 0 spiro atoms. The Labute approximate surface area is 150 Å². The van der Waals surface area contributed by atoms with Crippen molar-refractivity contribution in [3.05, 3.63) is 71.4 Å².